The lowest BCUT2D eigenvalue weighted by molar-refractivity contribution is 0.0739. The number of ether oxygens (including phenoxy) is 2. The van der Waals surface area contributed by atoms with E-state index in [4.69, 9.17) is 32.7 Å². The zero-order valence-corrected chi connectivity index (χ0v) is 15.9. The van der Waals surface area contributed by atoms with Gasteiger partial charge in [0.15, 0.2) is 5.76 Å². The Morgan fingerprint density at radius 3 is 2.67 bits per heavy atom. The molecule has 0 atom stereocenters. The molecule has 4 rings (SSSR count). The summed E-state index contributed by atoms with van der Waals surface area (Å²) < 4.78 is 11.0. The Balaban J connectivity index is 1.57. The van der Waals surface area contributed by atoms with Crippen molar-refractivity contribution in [3.63, 3.8) is 0 Å². The molecule has 0 saturated heterocycles. The minimum Gasteiger partial charge on any atom is -0.452 e. The van der Waals surface area contributed by atoms with Gasteiger partial charge in [-0.3, -0.25) is 4.79 Å². The summed E-state index contributed by atoms with van der Waals surface area (Å²) in [6, 6.07) is 13.1. The van der Waals surface area contributed by atoms with Crippen molar-refractivity contribution in [1.82, 2.24) is 0 Å². The van der Waals surface area contributed by atoms with Crippen molar-refractivity contribution in [2.24, 2.45) is 0 Å². The normalized spacial score (nSPS) is 14.1. The Bertz CT molecular complexity index is 1090. The molecule has 0 saturated carbocycles. The molecule has 1 aliphatic heterocycles. The molecule has 0 fully saturated rings. The number of thiophene rings is 1. The lowest BCUT2D eigenvalue weighted by Gasteiger charge is -2.04. The van der Waals surface area contributed by atoms with Gasteiger partial charge in [0.1, 0.15) is 16.4 Å². The first kappa shape index (κ1) is 17.8. The number of benzene rings is 2. The first-order valence-electron chi connectivity index (χ1n) is 7.80. The highest BCUT2D eigenvalue weighted by Gasteiger charge is 2.28. The summed E-state index contributed by atoms with van der Waals surface area (Å²) in [7, 11) is 0. The molecule has 1 aliphatic rings. The van der Waals surface area contributed by atoms with Crippen LogP contribution in [0.15, 0.2) is 59.7 Å². The van der Waals surface area contributed by atoms with E-state index in [1.165, 1.54) is 17.4 Å². The summed E-state index contributed by atoms with van der Waals surface area (Å²) in [4.78, 5) is 25.1. The smallest absolute Gasteiger partial charge is 0.353 e. The molecular formula is C20H10Cl2O4S. The number of hydrogen-bond donors (Lipinski definition) is 0. The van der Waals surface area contributed by atoms with Gasteiger partial charge in [-0.15, -0.1) is 11.3 Å². The number of hydrogen-bond acceptors (Lipinski definition) is 5. The summed E-state index contributed by atoms with van der Waals surface area (Å²) in [5.74, 6) is 0.0803. The van der Waals surface area contributed by atoms with Crippen molar-refractivity contribution in [3.8, 4) is 11.5 Å². The van der Waals surface area contributed by atoms with E-state index in [0.29, 0.717) is 37.5 Å². The zero-order chi connectivity index (χ0) is 19.0. The van der Waals surface area contributed by atoms with Crippen LogP contribution in [0.5, 0.6) is 11.5 Å². The largest absolute Gasteiger partial charge is 0.452 e. The number of fused-ring (bicyclic) bond motifs is 1. The number of esters is 1. The fourth-order valence-electron chi connectivity index (χ4n) is 2.54. The van der Waals surface area contributed by atoms with Gasteiger partial charge in [0, 0.05) is 6.07 Å². The lowest BCUT2D eigenvalue weighted by Crippen LogP contribution is -2.06. The minimum atomic E-state index is -0.458. The number of carbonyl (C=O) groups is 2. The second kappa shape index (κ2) is 7.19. The Labute approximate surface area is 168 Å². The van der Waals surface area contributed by atoms with Gasteiger partial charge < -0.3 is 9.47 Å². The van der Waals surface area contributed by atoms with Gasteiger partial charge in [0.2, 0.25) is 5.78 Å². The SMILES string of the molecule is O=C(Oc1ccc2c(c1)O/C(=C\c1ccc(Cl)c(Cl)c1)C2=O)c1cccs1. The van der Waals surface area contributed by atoms with Crippen LogP contribution in [0.2, 0.25) is 10.0 Å². The van der Waals surface area contributed by atoms with Crippen LogP contribution in [-0.4, -0.2) is 11.8 Å². The highest BCUT2D eigenvalue weighted by Crippen LogP contribution is 2.35. The first-order valence-corrected chi connectivity index (χ1v) is 9.44. The summed E-state index contributed by atoms with van der Waals surface area (Å²) in [6.07, 6.45) is 1.59. The van der Waals surface area contributed by atoms with E-state index in [0.717, 1.165) is 0 Å². The maximum Gasteiger partial charge on any atom is 0.353 e. The number of carbonyl (C=O) groups excluding carboxylic acids is 2. The van der Waals surface area contributed by atoms with E-state index in [9.17, 15) is 9.59 Å². The number of allylic oxidation sites excluding steroid dienone is 1. The molecule has 0 N–H and O–H groups in total. The molecule has 0 radical (unpaired) electrons. The van der Waals surface area contributed by atoms with Crippen molar-refractivity contribution >= 4 is 52.4 Å². The van der Waals surface area contributed by atoms with Crippen LogP contribution in [0.1, 0.15) is 25.6 Å². The third-order valence-electron chi connectivity index (χ3n) is 3.82. The summed E-state index contributed by atoms with van der Waals surface area (Å²) >= 11 is 13.2. The van der Waals surface area contributed by atoms with Gasteiger partial charge in [-0.05, 0) is 47.4 Å². The van der Waals surface area contributed by atoms with Crippen molar-refractivity contribution in [2.75, 3.05) is 0 Å². The molecule has 7 heteroatoms. The van der Waals surface area contributed by atoms with Crippen LogP contribution in [0.4, 0.5) is 0 Å². The van der Waals surface area contributed by atoms with E-state index < -0.39 is 5.97 Å². The fraction of sp³-hybridized carbons (Fsp3) is 0. The maximum atomic E-state index is 12.5. The average Bonchev–Trinajstić information content (AvgIpc) is 3.27. The lowest BCUT2D eigenvalue weighted by atomic mass is 10.1. The first-order chi connectivity index (χ1) is 13.0. The van der Waals surface area contributed by atoms with Crippen molar-refractivity contribution in [3.05, 3.63) is 85.7 Å². The van der Waals surface area contributed by atoms with Gasteiger partial charge in [-0.1, -0.05) is 35.3 Å². The Hall–Kier alpha value is -2.60. The van der Waals surface area contributed by atoms with E-state index >= 15 is 0 Å². The third-order valence-corrected chi connectivity index (χ3v) is 5.40. The van der Waals surface area contributed by atoms with Gasteiger partial charge in [-0.25, -0.2) is 4.79 Å². The molecule has 0 unspecified atom stereocenters. The van der Waals surface area contributed by atoms with Crippen LogP contribution in [-0.2, 0) is 0 Å². The maximum absolute atomic E-state index is 12.5. The van der Waals surface area contributed by atoms with Crippen LogP contribution < -0.4 is 9.47 Å². The molecule has 134 valence electrons. The number of halogens is 2. The Kier molecular flexibility index (Phi) is 4.74. The molecular weight excluding hydrogens is 407 g/mol. The quantitative estimate of drug-likeness (QED) is 0.303. The Morgan fingerprint density at radius 1 is 1.07 bits per heavy atom. The van der Waals surface area contributed by atoms with E-state index in [2.05, 4.69) is 0 Å². The average molecular weight is 417 g/mol. The molecule has 1 aromatic heterocycles. The summed E-state index contributed by atoms with van der Waals surface area (Å²) in [6.45, 7) is 0. The molecule has 2 heterocycles. The van der Waals surface area contributed by atoms with Gasteiger partial charge in [-0.2, -0.15) is 0 Å². The van der Waals surface area contributed by atoms with Gasteiger partial charge >= 0.3 is 5.97 Å². The predicted octanol–water partition coefficient (Wildman–Crippen LogP) is 5.89. The molecule has 4 nitrogen and oxygen atoms in total. The predicted molar refractivity (Wildman–Crippen MR) is 105 cm³/mol. The molecule has 3 aromatic rings. The van der Waals surface area contributed by atoms with E-state index in [-0.39, 0.29) is 11.5 Å². The van der Waals surface area contributed by atoms with Crippen molar-refractivity contribution in [1.29, 1.82) is 0 Å². The van der Waals surface area contributed by atoms with E-state index in [1.54, 1.807) is 53.9 Å². The fourth-order valence-corrected chi connectivity index (χ4v) is 3.44. The summed E-state index contributed by atoms with van der Waals surface area (Å²) in [5.41, 5.74) is 1.09. The van der Waals surface area contributed by atoms with Crippen molar-refractivity contribution in [2.45, 2.75) is 0 Å². The molecule has 27 heavy (non-hydrogen) atoms. The molecule has 0 amide bonds. The zero-order valence-electron chi connectivity index (χ0n) is 13.6. The number of Topliss-reactive ketones (excluding diaryl/α,β-unsaturated/α-hetero) is 1. The number of rotatable bonds is 3. The third kappa shape index (κ3) is 3.62. The molecule has 2 aromatic carbocycles. The second-order valence-electron chi connectivity index (χ2n) is 5.64. The standard InChI is InChI=1S/C20H10Cl2O4S/c21-14-6-3-11(8-15(14)22)9-17-19(23)13-5-4-12(10-16(13)26-17)25-20(24)18-2-1-7-27-18/h1-10H/b17-9-. The topological polar surface area (TPSA) is 52.6 Å². The molecule has 0 spiro atoms. The minimum absolute atomic E-state index is 0.158. The monoisotopic (exact) mass is 416 g/mol. The van der Waals surface area contributed by atoms with Crippen LogP contribution in [0.3, 0.4) is 0 Å². The molecule has 0 aliphatic carbocycles. The number of ketones is 1. The molecule has 0 bridgehead atoms. The Morgan fingerprint density at radius 2 is 1.93 bits per heavy atom. The van der Waals surface area contributed by atoms with Gasteiger partial charge in [0.25, 0.3) is 0 Å². The van der Waals surface area contributed by atoms with Crippen LogP contribution >= 0.6 is 34.5 Å². The van der Waals surface area contributed by atoms with Gasteiger partial charge in [0.05, 0.1) is 15.6 Å². The second-order valence-corrected chi connectivity index (χ2v) is 7.40. The highest BCUT2D eigenvalue weighted by molar-refractivity contribution is 7.12. The summed E-state index contributed by atoms with van der Waals surface area (Å²) in [5, 5.41) is 2.61. The van der Waals surface area contributed by atoms with E-state index in [1.807, 2.05) is 0 Å². The van der Waals surface area contributed by atoms with Crippen LogP contribution in [0.25, 0.3) is 6.08 Å². The van der Waals surface area contributed by atoms with Crippen molar-refractivity contribution < 1.29 is 19.1 Å². The van der Waals surface area contributed by atoms with Crippen LogP contribution in [0, 0.1) is 0 Å². The highest BCUT2D eigenvalue weighted by atomic mass is 35.5.